The second-order valence-electron chi connectivity index (χ2n) is 9.18. The predicted molar refractivity (Wildman–Crippen MR) is 115 cm³/mol. The summed E-state index contributed by atoms with van der Waals surface area (Å²) in [5, 5.41) is 0. The number of amides is 1. The summed E-state index contributed by atoms with van der Waals surface area (Å²) in [5.41, 5.74) is 2.46. The standard InChI is InChI=1S/C23H36N4O/c1-20-5-7-21(8-6-20)26-15-17-27(18-16-26)22(28)23(9-3-4-10-23)19-25-13-11-24(2)12-14-25/h5-8H,3-4,9-19H2,1-2H3. The summed E-state index contributed by atoms with van der Waals surface area (Å²) in [6.07, 6.45) is 4.58. The molecule has 1 aliphatic carbocycles. The van der Waals surface area contributed by atoms with Gasteiger partial charge in [-0.3, -0.25) is 9.69 Å². The lowest BCUT2D eigenvalue weighted by Gasteiger charge is -2.43. The lowest BCUT2D eigenvalue weighted by atomic mass is 9.83. The number of nitrogens with zero attached hydrogens (tertiary/aromatic N) is 4. The molecule has 0 N–H and O–H groups in total. The van der Waals surface area contributed by atoms with Crippen LogP contribution in [-0.4, -0.2) is 86.6 Å². The van der Waals surface area contributed by atoms with Gasteiger partial charge in [-0.2, -0.15) is 0 Å². The average molecular weight is 385 g/mol. The Hall–Kier alpha value is -1.59. The topological polar surface area (TPSA) is 30.0 Å². The van der Waals surface area contributed by atoms with Gasteiger partial charge in [-0.05, 0) is 38.9 Å². The van der Waals surface area contributed by atoms with Gasteiger partial charge < -0.3 is 14.7 Å². The molecule has 2 saturated heterocycles. The number of carbonyl (C=O) groups excluding carboxylic acids is 1. The number of piperazine rings is 2. The van der Waals surface area contributed by atoms with Crippen LogP contribution in [0.3, 0.4) is 0 Å². The Bertz CT molecular complexity index is 652. The van der Waals surface area contributed by atoms with Crippen LogP contribution in [-0.2, 0) is 4.79 Å². The molecule has 2 heterocycles. The van der Waals surface area contributed by atoms with Gasteiger partial charge in [-0.1, -0.05) is 30.5 Å². The molecular formula is C23H36N4O. The largest absolute Gasteiger partial charge is 0.368 e. The van der Waals surface area contributed by atoms with Gasteiger partial charge in [0.15, 0.2) is 0 Å². The van der Waals surface area contributed by atoms with Crippen LogP contribution < -0.4 is 4.90 Å². The minimum absolute atomic E-state index is 0.123. The number of hydrogen-bond donors (Lipinski definition) is 0. The second-order valence-corrected chi connectivity index (χ2v) is 9.18. The lowest BCUT2D eigenvalue weighted by molar-refractivity contribution is -0.143. The zero-order chi connectivity index (χ0) is 19.6. The van der Waals surface area contributed by atoms with Crippen molar-refractivity contribution in [3.8, 4) is 0 Å². The van der Waals surface area contributed by atoms with E-state index in [4.69, 9.17) is 0 Å². The maximum absolute atomic E-state index is 13.6. The Morgan fingerprint density at radius 2 is 1.50 bits per heavy atom. The first-order valence-electron chi connectivity index (χ1n) is 11.1. The van der Waals surface area contributed by atoms with Crippen molar-refractivity contribution in [2.45, 2.75) is 32.6 Å². The molecule has 0 spiro atoms. The third-order valence-electron chi connectivity index (χ3n) is 7.10. The van der Waals surface area contributed by atoms with Gasteiger partial charge in [-0.25, -0.2) is 0 Å². The predicted octanol–water partition coefficient (Wildman–Crippen LogP) is 2.45. The Morgan fingerprint density at radius 3 is 2.11 bits per heavy atom. The molecule has 3 fully saturated rings. The Balaban J connectivity index is 1.37. The summed E-state index contributed by atoms with van der Waals surface area (Å²) in [6.45, 7) is 11.2. The number of likely N-dealkylation sites (N-methyl/N-ethyl adjacent to an activating group) is 1. The van der Waals surface area contributed by atoms with Crippen molar-refractivity contribution in [1.29, 1.82) is 0 Å². The van der Waals surface area contributed by atoms with Crippen molar-refractivity contribution in [3.05, 3.63) is 29.8 Å². The number of carbonyl (C=O) groups is 1. The van der Waals surface area contributed by atoms with Gasteiger partial charge in [0.1, 0.15) is 0 Å². The van der Waals surface area contributed by atoms with E-state index in [0.29, 0.717) is 5.91 Å². The molecule has 28 heavy (non-hydrogen) atoms. The summed E-state index contributed by atoms with van der Waals surface area (Å²) in [5.74, 6) is 0.437. The SMILES string of the molecule is Cc1ccc(N2CCN(C(=O)C3(CN4CCN(C)CC4)CCCC3)CC2)cc1. The average Bonchev–Trinajstić information content (AvgIpc) is 3.20. The highest BCUT2D eigenvalue weighted by Gasteiger charge is 2.45. The molecule has 4 rings (SSSR count). The molecule has 0 atom stereocenters. The first-order valence-corrected chi connectivity index (χ1v) is 11.1. The third-order valence-corrected chi connectivity index (χ3v) is 7.10. The lowest BCUT2D eigenvalue weighted by Crippen LogP contribution is -2.56. The summed E-state index contributed by atoms with van der Waals surface area (Å²) >= 11 is 0. The first kappa shape index (κ1) is 19.7. The van der Waals surface area contributed by atoms with Gasteiger partial charge >= 0.3 is 0 Å². The fourth-order valence-electron chi connectivity index (χ4n) is 5.18. The van der Waals surface area contributed by atoms with Crippen LogP contribution >= 0.6 is 0 Å². The van der Waals surface area contributed by atoms with E-state index in [1.807, 2.05) is 0 Å². The number of rotatable bonds is 4. The molecule has 2 aliphatic heterocycles. The van der Waals surface area contributed by atoms with Crippen LogP contribution in [0, 0.1) is 12.3 Å². The fraction of sp³-hybridized carbons (Fsp3) is 0.696. The smallest absolute Gasteiger partial charge is 0.230 e. The molecule has 5 nitrogen and oxygen atoms in total. The molecule has 154 valence electrons. The van der Waals surface area contributed by atoms with Crippen LogP contribution in [0.2, 0.25) is 0 Å². The van der Waals surface area contributed by atoms with Crippen molar-refractivity contribution >= 4 is 11.6 Å². The van der Waals surface area contributed by atoms with E-state index < -0.39 is 0 Å². The number of aryl methyl sites for hydroxylation is 1. The minimum atomic E-state index is -0.123. The van der Waals surface area contributed by atoms with Crippen molar-refractivity contribution < 1.29 is 4.79 Å². The van der Waals surface area contributed by atoms with Gasteiger partial charge in [0, 0.05) is 64.6 Å². The quantitative estimate of drug-likeness (QED) is 0.798. The van der Waals surface area contributed by atoms with Crippen molar-refractivity contribution in [2.24, 2.45) is 5.41 Å². The Labute approximate surface area is 170 Å². The molecule has 5 heteroatoms. The maximum atomic E-state index is 13.6. The molecule has 1 aromatic rings. The first-order chi connectivity index (χ1) is 13.6. The molecule has 1 saturated carbocycles. The van der Waals surface area contributed by atoms with Gasteiger partial charge in [0.05, 0.1) is 5.41 Å². The second kappa shape index (κ2) is 8.42. The van der Waals surface area contributed by atoms with Crippen LogP contribution in [0.5, 0.6) is 0 Å². The third kappa shape index (κ3) is 4.20. The van der Waals surface area contributed by atoms with E-state index in [1.165, 1.54) is 24.1 Å². The summed E-state index contributed by atoms with van der Waals surface area (Å²) in [6, 6.07) is 8.77. The van der Waals surface area contributed by atoms with E-state index in [0.717, 1.165) is 71.7 Å². The maximum Gasteiger partial charge on any atom is 0.230 e. The highest BCUT2D eigenvalue weighted by Crippen LogP contribution is 2.41. The summed E-state index contributed by atoms with van der Waals surface area (Å²) in [7, 11) is 2.20. The molecule has 0 radical (unpaired) electrons. The molecule has 3 aliphatic rings. The van der Waals surface area contributed by atoms with Crippen molar-refractivity contribution in [3.63, 3.8) is 0 Å². The van der Waals surface area contributed by atoms with E-state index in [9.17, 15) is 4.79 Å². The van der Waals surface area contributed by atoms with Crippen LogP contribution in [0.25, 0.3) is 0 Å². The number of benzene rings is 1. The van der Waals surface area contributed by atoms with Crippen molar-refractivity contribution in [2.75, 3.05) is 70.9 Å². The van der Waals surface area contributed by atoms with Gasteiger partial charge in [0.25, 0.3) is 0 Å². The minimum Gasteiger partial charge on any atom is -0.368 e. The fourth-order valence-corrected chi connectivity index (χ4v) is 5.18. The molecule has 1 amide bonds. The van der Waals surface area contributed by atoms with Gasteiger partial charge in [-0.15, -0.1) is 0 Å². The van der Waals surface area contributed by atoms with Crippen LogP contribution in [0.15, 0.2) is 24.3 Å². The molecule has 0 unspecified atom stereocenters. The zero-order valence-corrected chi connectivity index (χ0v) is 17.7. The van der Waals surface area contributed by atoms with E-state index in [1.54, 1.807) is 0 Å². The molecule has 1 aromatic carbocycles. The molecule has 0 bridgehead atoms. The Morgan fingerprint density at radius 1 is 0.893 bits per heavy atom. The monoisotopic (exact) mass is 384 g/mol. The number of hydrogen-bond acceptors (Lipinski definition) is 4. The van der Waals surface area contributed by atoms with E-state index >= 15 is 0 Å². The van der Waals surface area contributed by atoms with Crippen LogP contribution in [0.1, 0.15) is 31.2 Å². The zero-order valence-electron chi connectivity index (χ0n) is 17.7. The van der Waals surface area contributed by atoms with Crippen molar-refractivity contribution in [1.82, 2.24) is 14.7 Å². The highest BCUT2D eigenvalue weighted by molar-refractivity contribution is 5.83. The molecule has 0 aromatic heterocycles. The Kier molecular flexibility index (Phi) is 5.93. The summed E-state index contributed by atoms with van der Waals surface area (Å²) < 4.78 is 0. The van der Waals surface area contributed by atoms with Crippen LogP contribution in [0.4, 0.5) is 5.69 Å². The number of anilines is 1. The van der Waals surface area contributed by atoms with E-state index in [2.05, 4.69) is 57.8 Å². The molecular weight excluding hydrogens is 348 g/mol. The van der Waals surface area contributed by atoms with E-state index in [-0.39, 0.29) is 5.41 Å². The summed E-state index contributed by atoms with van der Waals surface area (Å²) in [4.78, 5) is 23.2. The van der Waals surface area contributed by atoms with Gasteiger partial charge in [0.2, 0.25) is 5.91 Å². The normalized spacial score (nSPS) is 23.9. The highest BCUT2D eigenvalue weighted by atomic mass is 16.2.